The van der Waals surface area contributed by atoms with Crippen LogP contribution in [0.4, 0.5) is 0 Å². The second kappa shape index (κ2) is 3.75. The standard InChI is InChI=1S/C14H15NO2/c15-9-14(8-12-4-5-13(14)17-12)7-10-2-1-3-11(16)6-10/h1-3,6,12-13,16H,4-5,7-8H2. The number of nitriles is 1. The van der Waals surface area contributed by atoms with E-state index in [0.29, 0.717) is 6.42 Å². The van der Waals surface area contributed by atoms with Gasteiger partial charge in [-0.25, -0.2) is 0 Å². The molecule has 0 saturated carbocycles. The van der Waals surface area contributed by atoms with Crippen LogP contribution in [0.3, 0.4) is 0 Å². The van der Waals surface area contributed by atoms with Crippen molar-refractivity contribution in [3.63, 3.8) is 0 Å². The van der Waals surface area contributed by atoms with Gasteiger partial charge in [-0.2, -0.15) is 5.26 Å². The molecule has 3 nitrogen and oxygen atoms in total. The maximum atomic E-state index is 9.48. The molecule has 2 bridgehead atoms. The highest BCUT2D eigenvalue weighted by molar-refractivity contribution is 5.30. The SMILES string of the molecule is N#CC1(Cc2cccc(O)c2)CC2CCC1O2. The molecule has 2 saturated heterocycles. The minimum Gasteiger partial charge on any atom is -0.508 e. The van der Waals surface area contributed by atoms with Crippen molar-refractivity contribution in [2.75, 3.05) is 0 Å². The molecule has 3 heteroatoms. The quantitative estimate of drug-likeness (QED) is 0.847. The third-order valence-corrected chi connectivity index (χ3v) is 3.97. The first kappa shape index (κ1) is 10.6. The Morgan fingerprint density at radius 3 is 2.94 bits per heavy atom. The van der Waals surface area contributed by atoms with Crippen LogP contribution in [0.25, 0.3) is 0 Å². The van der Waals surface area contributed by atoms with Gasteiger partial charge in [-0.1, -0.05) is 12.1 Å². The molecule has 2 heterocycles. The maximum absolute atomic E-state index is 9.48. The van der Waals surface area contributed by atoms with Crippen molar-refractivity contribution in [1.29, 1.82) is 5.26 Å². The van der Waals surface area contributed by atoms with Crippen molar-refractivity contribution in [1.82, 2.24) is 0 Å². The van der Waals surface area contributed by atoms with E-state index in [9.17, 15) is 10.4 Å². The molecule has 0 radical (unpaired) electrons. The average Bonchev–Trinajstić information content (AvgIpc) is 2.89. The molecule has 0 amide bonds. The van der Waals surface area contributed by atoms with Crippen LogP contribution in [0, 0.1) is 16.7 Å². The van der Waals surface area contributed by atoms with Crippen LogP contribution in [0.5, 0.6) is 5.75 Å². The summed E-state index contributed by atoms with van der Waals surface area (Å²) in [4.78, 5) is 0. The zero-order valence-corrected chi connectivity index (χ0v) is 9.60. The normalized spacial score (nSPS) is 34.8. The van der Waals surface area contributed by atoms with Crippen LogP contribution in [-0.4, -0.2) is 17.3 Å². The molecule has 3 unspecified atom stereocenters. The number of phenolic OH excluding ortho intramolecular Hbond substituents is 1. The second-order valence-corrected chi connectivity index (χ2v) is 5.14. The number of hydrogen-bond donors (Lipinski definition) is 1. The smallest absolute Gasteiger partial charge is 0.115 e. The van der Waals surface area contributed by atoms with E-state index in [2.05, 4.69) is 6.07 Å². The number of aromatic hydroxyl groups is 1. The van der Waals surface area contributed by atoms with Gasteiger partial charge in [0, 0.05) is 0 Å². The molecule has 1 aromatic rings. The lowest BCUT2D eigenvalue weighted by atomic mass is 9.71. The summed E-state index contributed by atoms with van der Waals surface area (Å²) in [6, 6.07) is 9.65. The van der Waals surface area contributed by atoms with E-state index in [0.717, 1.165) is 24.8 Å². The molecule has 0 aromatic heterocycles. The lowest BCUT2D eigenvalue weighted by Gasteiger charge is -2.28. The Labute approximate surface area is 101 Å². The van der Waals surface area contributed by atoms with Gasteiger partial charge in [0.15, 0.2) is 0 Å². The summed E-state index contributed by atoms with van der Waals surface area (Å²) in [5, 5.41) is 18.9. The van der Waals surface area contributed by atoms with Crippen LogP contribution >= 0.6 is 0 Å². The topological polar surface area (TPSA) is 53.2 Å². The van der Waals surface area contributed by atoms with Crippen molar-refractivity contribution in [3.8, 4) is 11.8 Å². The first-order valence-corrected chi connectivity index (χ1v) is 6.06. The van der Waals surface area contributed by atoms with Gasteiger partial charge in [0.25, 0.3) is 0 Å². The summed E-state index contributed by atoms with van der Waals surface area (Å²) < 4.78 is 5.80. The lowest BCUT2D eigenvalue weighted by molar-refractivity contribution is 0.0787. The molecule has 1 aromatic carbocycles. The van der Waals surface area contributed by atoms with Crippen molar-refractivity contribution >= 4 is 0 Å². The van der Waals surface area contributed by atoms with E-state index < -0.39 is 0 Å². The van der Waals surface area contributed by atoms with Gasteiger partial charge in [0.1, 0.15) is 5.75 Å². The number of ether oxygens (including phenoxy) is 1. The zero-order valence-electron chi connectivity index (χ0n) is 9.60. The predicted octanol–water partition coefficient (Wildman–Crippen LogP) is 2.40. The van der Waals surface area contributed by atoms with E-state index in [1.807, 2.05) is 12.1 Å². The van der Waals surface area contributed by atoms with Gasteiger partial charge < -0.3 is 9.84 Å². The van der Waals surface area contributed by atoms with Gasteiger partial charge in [0.2, 0.25) is 0 Å². The largest absolute Gasteiger partial charge is 0.508 e. The molecule has 1 N–H and O–H groups in total. The summed E-state index contributed by atoms with van der Waals surface area (Å²) in [6.07, 6.45) is 3.96. The Morgan fingerprint density at radius 2 is 2.35 bits per heavy atom. The summed E-state index contributed by atoms with van der Waals surface area (Å²) in [5.41, 5.74) is 0.638. The molecule has 2 aliphatic heterocycles. The molecule has 17 heavy (non-hydrogen) atoms. The Morgan fingerprint density at radius 1 is 1.47 bits per heavy atom. The fourth-order valence-electron chi connectivity index (χ4n) is 3.17. The molecule has 2 aliphatic rings. The van der Waals surface area contributed by atoms with Crippen molar-refractivity contribution in [2.24, 2.45) is 5.41 Å². The number of nitrogens with zero attached hydrogens (tertiary/aromatic N) is 1. The summed E-state index contributed by atoms with van der Waals surface area (Å²) in [5.74, 6) is 0.264. The highest BCUT2D eigenvalue weighted by atomic mass is 16.5. The lowest BCUT2D eigenvalue weighted by Crippen LogP contribution is -2.33. The van der Waals surface area contributed by atoms with E-state index >= 15 is 0 Å². The van der Waals surface area contributed by atoms with Crippen molar-refractivity contribution in [2.45, 2.75) is 37.9 Å². The van der Waals surface area contributed by atoms with E-state index in [4.69, 9.17) is 4.74 Å². The second-order valence-electron chi connectivity index (χ2n) is 5.14. The molecule has 2 fully saturated rings. The van der Waals surface area contributed by atoms with Crippen LogP contribution in [0.15, 0.2) is 24.3 Å². The molecule has 88 valence electrons. The van der Waals surface area contributed by atoms with E-state index in [-0.39, 0.29) is 23.4 Å². The molecular formula is C14H15NO2. The van der Waals surface area contributed by atoms with Gasteiger partial charge in [-0.3, -0.25) is 0 Å². The number of phenols is 1. The van der Waals surface area contributed by atoms with E-state index in [1.54, 1.807) is 12.1 Å². The third-order valence-electron chi connectivity index (χ3n) is 3.97. The Hall–Kier alpha value is -1.53. The van der Waals surface area contributed by atoms with Crippen molar-refractivity contribution in [3.05, 3.63) is 29.8 Å². The third kappa shape index (κ3) is 1.69. The van der Waals surface area contributed by atoms with Gasteiger partial charge in [0.05, 0.1) is 23.7 Å². The minimum absolute atomic E-state index is 0.0832. The fraction of sp³-hybridized carbons (Fsp3) is 0.500. The number of hydrogen-bond acceptors (Lipinski definition) is 3. The van der Waals surface area contributed by atoms with Gasteiger partial charge >= 0.3 is 0 Å². The van der Waals surface area contributed by atoms with Crippen LogP contribution in [-0.2, 0) is 11.2 Å². The molecular weight excluding hydrogens is 214 g/mol. The maximum Gasteiger partial charge on any atom is 0.115 e. The minimum atomic E-state index is -0.378. The Kier molecular flexibility index (Phi) is 2.34. The highest BCUT2D eigenvalue weighted by Crippen LogP contribution is 2.49. The van der Waals surface area contributed by atoms with Crippen LogP contribution in [0.1, 0.15) is 24.8 Å². The average molecular weight is 229 g/mol. The van der Waals surface area contributed by atoms with Gasteiger partial charge in [-0.15, -0.1) is 0 Å². The molecule has 0 spiro atoms. The summed E-state index contributed by atoms with van der Waals surface area (Å²) in [6.45, 7) is 0. The summed E-state index contributed by atoms with van der Waals surface area (Å²) in [7, 11) is 0. The highest BCUT2D eigenvalue weighted by Gasteiger charge is 2.52. The predicted molar refractivity (Wildman–Crippen MR) is 62.4 cm³/mol. The fourth-order valence-corrected chi connectivity index (χ4v) is 3.17. The number of rotatable bonds is 2. The first-order chi connectivity index (χ1) is 8.22. The van der Waals surface area contributed by atoms with Crippen LogP contribution < -0.4 is 0 Å². The van der Waals surface area contributed by atoms with Crippen molar-refractivity contribution < 1.29 is 9.84 Å². The monoisotopic (exact) mass is 229 g/mol. The summed E-state index contributed by atoms with van der Waals surface area (Å²) >= 11 is 0. The van der Waals surface area contributed by atoms with Crippen LogP contribution in [0.2, 0.25) is 0 Å². The number of fused-ring (bicyclic) bond motifs is 2. The molecule has 0 aliphatic carbocycles. The Balaban J connectivity index is 1.86. The first-order valence-electron chi connectivity index (χ1n) is 6.06. The van der Waals surface area contributed by atoms with Gasteiger partial charge in [-0.05, 0) is 43.4 Å². The van der Waals surface area contributed by atoms with E-state index in [1.165, 1.54) is 0 Å². The zero-order chi connectivity index (χ0) is 11.9. The molecule has 3 rings (SSSR count). The number of benzene rings is 1. The Bertz CT molecular complexity index is 479. The molecule has 3 atom stereocenters.